The third-order valence-corrected chi connectivity index (χ3v) is 8.70. The summed E-state index contributed by atoms with van der Waals surface area (Å²) in [5, 5.41) is 1.42. The van der Waals surface area contributed by atoms with Gasteiger partial charge < -0.3 is 4.74 Å². The number of nitrogens with zero attached hydrogens (tertiary/aromatic N) is 1. The van der Waals surface area contributed by atoms with Crippen LogP contribution in [0.3, 0.4) is 0 Å². The molecule has 1 aliphatic heterocycles. The number of hydrogen-bond acceptors (Lipinski definition) is 3. The number of rotatable bonds is 10. The molecular formula is C38H43NO3. The molecule has 2 amide bonds. The maximum absolute atomic E-state index is 14.1. The zero-order chi connectivity index (χ0) is 30.2. The van der Waals surface area contributed by atoms with Crippen molar-refractivity contribution in [3.63, 3.8) is 0 Å². The number of unbranched alkanes of at least 4 members (excludes halogenated alkanes) is 2. The highest BCUT2D eigenvalue weighted by Crippen LogP contribution is 2.43. The highest BCUT2D eigenvalue weighted by atomic mass is 16.5. The fourth-order valence-electron chi connectivity index (χ4n) is 6.19. The van der Waals surface area contributed by atoms with Gasteiger partial charge in [0.05, 0.1) is 5.69 Å². The van der Waals surface area contributed by atoms with Gasteiger partial charge in [-0.25, -0.2) is 4.90 Å². The number of carbonyl (C=O) groups is 2. The van der Waals surface area contributed by atoms with Gasteiger partial charge in [0.15, 0.2) is 0 Å². The summed E-state index contributed by atoms with van der Waals surface area (Å²) in [5.74, 6) is 1.08. The van der Waals surface area contributed by atoms with E-state index in [0.29, 0.717) is 22.3 Å². The number of anilines is 1. The molecular weight excluding hydrogens is 518 g/mol. The molecule has 0 aromatic heterocycles. The molecule has 0 fully saturated rings. The second kappa shape index (κ2) is 11.8. The van der Waals surface area contributed by atoms with Crippen LogP contribution in [-0.4, -0.2) is 11.8 Å². The van der Waals surface area contributed by atoms with Crippen molar-refractivity contribution < 1.29 is 14.3 Å². The molecule has 0 bridgehead atoms. The van der Waals surface area contributed by atoms with Crippen LogP contribution < -0.4 is 9.64 Å². The van der Waals surface area contributed by atoms with Gasteiger partial charge in [-0.1, -0.05) is 110 Å². The monoisotopic (exact) mass is 561 g/mol. The van der Waals surface area contributed by atoms with Crippen molar-refractivity contribution in [1.29, 1.82) is 0 Å². The molecule has 0 spiro atoms. The SMILES string of the molecule is CCCCCC(C)(C)c1ccc(Oc2ccc3c4c(cccc24)C(=O)N(c2c(C(C)C)cccc2C(C)C)C3=O)cc1. The quantitative estimate of drug-likeness (QED) is 0.143. The third-order valence-electron chi connectivity index (χ3n) is 8.70. The smallest absolute Gasteiger partial charge is 0.266 e. The summed E-state index contributed by atoms with van der Waals surface area (Å²) >= 11 is 0. The predicted molar refractivity (Wildman–Crippen MR) is 173 cm³/mol. The first-order chi connectivity index (χ1) is 20.0. The van der Waals surface area contributed by atoms with Crippen LogP contribution in [0.15, 0.2) is 72.8 Å². The average Bonchev–Trinajstić information content (AvgIpc) is 2.96. The molecule has 42 heavy (non-hydrogen) atoms. The molecule has 1 heterocycles. The molecule has 4 heteroatoms. The second-order valence-electron chi connectivity index (χ2n) is 12.8. The van der Waals surface area contributed by atoms with Gasteiger partial charge in [-0.3, -0.25) is 9.59 Å². The van der Waals surface area contributed by atoms with Gasteiger partial charge in [0.25, 0.3) is 11.8 Å². The minimum absolute atomic E-state index is 0.101. The fraction of sp³-hybridized carbons (Fsp3) is 0.368. The zero-order valence-electron chi connectivity index (χ0n) is 26.1. The van der Waals surface area contributed by atoms with Crippen LogP contribution in [0, 0.1) is 0 Å². The molecule has 4 aromatic carbocycles. The summed E-state index contributed by atoms with van der Waals surface area (Å²) in [5.41, 5.74) is 5.14. The van der Waals surface area contributed by atoms with Crippen LogP contribution in [0.5, 0.6) is 11.5 Å². The van der Waals surface area contributed by atoms with E-state index in [1.807, 2.05) is 54.6 Å². The van der Waals surface area contributed by atoms with Gasteiger partial charge in [-0.2, -0.15) is 0 Å². The van der Waals surface area contributed by atoms with Crippen molar-refractivity contribution in [1.82, 2.24) is 0 Å². The van der Waals surface area contributed by atoms with E-state index in [1.165, 1.54) is 29.7 Å². The summed E-state index contributed by atoms with van der Waals surface area (Å²) in [6, 6.07) is 23.7. The lowest BCUT2D eigenvalue weighted by molar-refractivity contribution is 0.0893. The standard InChI is InChI=1S/C38H43NO3/c1-8-9-10-23-38(6,7)26-17-19-27(20-18-26)42-33-22-21-32-34-30(33)15-12-16-31(34)36(40)39(37(32)41)35-28(24(2)3)13-11-14-29(35)25(4)5/h11-22,24-25H,8-10,23H2,1-7H3. The normalized spacial score (nSPS) is 13.5. The van der Waals surface area contributed by atoms with Gasteiger partial charge in [0.2, 0.25) is 0 Å². The lowest BCUT2D eigenvalue weighted by atomic mass is 9.80. The van der Waals surface area contributed by atoms with Gasteiger partial charge in [0, 0.05) is 21.9 Å². The van der Waals surface area contributed by atoms with Crippen molar-refractivity contribution in [2.75, 3.05) is 4.90 Å². The number of ether oxygens (including phenoxy) is 1. The van der Waals surface area contributed by atoms with E-state index in [-0.39, 0.29) is 29.1 Å². The van der Waals surface area contributed by atoms with E-state index in [1.54, 1.807) is 6.07 Å². The van der Waals surface area contributed by atoms with Crippen LogP contribution in [0.4, 0.5) is 5.69 Å². The third kappa shape index (κ3) is 5.35. The van der Waals surface area contributed by atoms with Crippen molar-refractivity contribution in [3.05, 3.63) is 101 Å². The van der Waals surface area contributed by atoms with E-state index >= 15 is 0 Å². The molecule has 0 atom stereocenters. The Labute approximate surface area is 250 Å². The lowest BCUT2D eigenvalue weighted by Gasteiger charge is -2.32. The molecule has 0 saturated carbocycles. The van der Waals surface area contributed by atoms with E-state index in [2.05, 4.69) is 60.6 Å². The number of benzene rings is 4. The van der Waals surface area contributed by atoms with Crippen LogP contribution >= 0.6 is 0 Å². The van der Waals surface area contributed by atoms with Crippen molar-refractivity contribution in [3.8, 4) is 11.5 Å². The van der Waals surface area contributed by atoms with Crippen LogP contribution in [0.2, 0.25) is 0 Å². The largest absolute Gasteiger partial charge is 0.457 e. The number of carbonyl (C=O) groups excluding carboxylic acids is 2. The number of amides is 2. The van der Waals surface area contributed by atoms with Gasteiger partial charge in [0.1, 0.15) is 11.5 Å². The Hall–Kier alpha value is -3.92. The van der Waals surface area contributed by atoms with Crippen LogP contribution in [0.1, 0.15) is 123 Å². The molecule has 1 aliphatic rings. The summed E-state index contributed by atoms with van der Waals surface area (Å²) in [4.78, 5) is 29.7. The summed E-state index contributed by atoms with van der Waals surface area (Å²) in [7, 11) is 0. The Morgan fingerprint density at radius 3 is 1.93 bits per heavy atom. The van der Waals surface area contributed by atoms with E-state index in [0.717, 1.165) is 34.4 Å². The highest BCUT2D eigenvalue weighted by Gasteiger charge is 2.37. The van der Waals surface area contributed by atoms with Crippen LogP contribution in [0.25, 0.3) is 10.8 Å². The van der Waals surface area contributed by atoms with Crippen molar-refractivity contribution in [2.45, 2.75) is 91.4 Å². The van der Waals surface area contributed by atoms with Gasteiger partial charge in [-0.15, -0.1) is 0 Å². The van der Waals surface area contributed by atoms with Crippen molar-refractivity contribution in [2.24, 2.45) is 0 Å². The highest BCUT2D eigenvalue weighted by molar-refractivity contribution is 6.36. The Morgan fingerprint density at radius 2 is 1.33 bits per heavy atom. The minimum atomic E-state index is -0.292. The predicted octanol–water partition coefficient (Wildman–Crippen LogP) is 10.5. The first-order valence-corrected chi connectivity index (χ1v) is 15.4. The van der Waals surface area contributed by atoms with E-state index in [4.69, 9.17) is 4.74 Å². The molecule has 0 saturated heterocycles. The number of imide groups is 1. The average molecular weight is 562 g/mol. The number of para-hydroxylation sites is 1. The summed E-state index contributed by atoms with van der Waals surface area (Å²) in [6.45, 7) is 15.2. The Balaban J connectivity index is 1.52. The molecule has 0 radical (unpaired) electrons. The van der Waals surface area contributed by atoms with Gasteiger partial charge in [-0.05, 0) is 70.7 Å². The van der Waals surface area contributed by atoms with E-state index in [9.17, 15) is 9.59 Å². The molecule has 0 N–H and O–H groups in total. The summed E-state index contributed by atoms with van der Waals surface area (Å²) < 4.78 is 6.38. The summed E-state index contributed by atoms with van der Waals surface area (Å²) in [6.07, 6.45) is 4.84. The molecule has 0 unspecified atom stereocenters. The van der Waals surface area contributed by atoms with Gasteiger partial charge >= 0.3 is 0 Å². The van der Waals surface area contributed by atoms with Crippen molar-refractivity contribution >= 4 is 28.3 Å². The fourth-order valence-corrected chi connectivity index (χ4v) is 6.19. The molecule has 0 aliphatic carbocycles. The lowest BCUT2D eigenvalue weighted by Crippen LogP contribution is -2.41. The maximum atomic E-state index is 14.1. The molecule has 218 valence electrons. The number of hydrogen-bond donors (Lipinski definition) is 0. The van der Waals surface area contributed by atoms with E-state index < -0.39 is 0 Å². The first kappa shape index (κ1) is 29.6. The maximum Gasteiger partial charge on any atom is 0.266 e. The molecule has 4 nitrogen and oxygen atoms in total. The Kier molecular flexibility index (Phi) is 8.28. The topological polar surface area (TPSA) is 46.6 Å². The zero-order valence-corrected chi connectivity index (χ0v) is 26.1. The minimum Gasteiger partial charge on any atom is -0.457 e. The Bertz CT molecular complexity index is 1580. The second-order valence-corrected chi connectivity index (χ2v) is 12.8. The molecule has 4 aromatic rings. The first-order valence-electron chi connectivity index (χ1n) is 15.4. The Morgan fingerprint density at radius 1 is 0.738 bits per heavy atom. The van der Waals surface area contributed by atoms with Crippen LogP contribution in [-0.2, 0) is 5.41 Å². The molecule has 5 rings (SSSR count).